The third-order valence-electron chi connectivity index (χ3n) is 4.37. The molecule has 0 unspecified atom stereocenters. The summed E-state index contributed by atoms with van der Waals surface area (Å²) in [5.41, 5.74) is 4.77. The van der Waals surface area contributed by atoms with Crippen LogP contribution in [0.1, 0.15) is 0 Å². The van der Waals surface area contributed by atoms with E-state index in [2.05, 4.69) is 15.3 Å². The number of carbonyl (C=O) groups is 1. The summed E-state index contributed by atoms with van der Waals surface area (Å²) in [6, 6.07) is 19.2. The van der Waals surface area contributed by atoms with Crippen molar-refractivity contribution in [2.24, 2.45) is 0 Å². The molecular weight excluding hydrogens is 324 g/mol. The van der Waals surface area contributed by atoms with Crippen LogP contribution in [-0.4, -0.2) is 23.0 Å². The number of benzene rings is 2. The number of aromatic nitrogens is 2. The average Bonchev–Trinajstić information content (AvgIpc) is 3.12. The predicted octanol–water partition coefficient (Wildman–Crippen LogP) is 4.90. The molecular formula is C21H18N4O. The van der Waals surface area contributed by atoms with Gasteiger partial charge in [0.15, 0.2) is 0 Å². The van der Waals surface area contributed by atoms with Crippen LogP contribution in [0, 0.1) is 0 Å². The van der Waals surface area contributed by atoms with Gasteiger partial charge in [0.1, 0.15) is 0 Å². The molecule has 4 aromatic rings. The number of nitrogens with one attached hydrogen (secondary N) is 2. The Morgan fingerprint density at radius 1 is 1.04 bits per heavy atom. The fourth-order valence-corrected chi connectivity index (χ4v) is 2.95. The molecule has 0 aliphatic heterocycles. The van der Waals surface area contributed by atoms with Gasteiger partial charge in [-0.05, 0) is 42.0 Å². The molecule has 0 aliphatic rings. The molecule has 2 amide bonds. The average molecular weight is 342 g/mol. The smallest absolute Gasteiger partial charge is 0.326 e. The van der Waals surface area contributed by atoms with E-state index in [-0.39, 0.29) is 6.03 Å². The van der Waals surface area contributed by atoms with Crippen LogP contribution < -0.4 is 10.2 Å². The normalized spacial score (nSPS) is 10.7. The Balaban J connectivity index is 1.58. The SMILES string of the molecule is CN(C(=O)Nc1ccc2c(-c3ccncc3)c[nH]c2c1)c1ccccc1. The highest BCUT2D eigenvalue weighted by Crippen LogP contribution is 2.30. The Morgan fingerprint density at radius 3 is 2.58 bits per heavy atom. The van der Waals surface area contributed by atoms with Crippen molar-refractivity contribution in [3.8, 4) is 11.1 Å². The number of pyridine rings is 1. The second-order valence-corrected chi connectivity index (χ2v) is 6.02. The van der Waals surface area contributed by atoms with Gasteiger partial charge in [0, 0.05) is 53.5 Å². The van der Waals surface area contributed by atoms with Gasteiger partial charge in [0.25, 0.3) is 0 Å². The van der Waals surface area contributed by atoms with Gasteiger partial charge in [-0.2, -0.15) is 0 Å². The molecule has 0 spiro atoms. The Hall–Kier alpha value is -3.60. The largest absolute Gasteiger partial charge is 0.360 e. The zero-order valence-corrected chi connectivity index (χ0v) is 14.3. The Kier molecular flexibility index (Phi) is 4.11. The molecule has 0 saturated carbocycles. The van der Waals surface area contributed by atoms with Crippen LogP contribution in [0.15, 0.2) is 79.3 Å². The molecule has 0 atom stereocenters. The third kappa shape index (κ3) is 3.02. The minimum absolute atomic E-state index is 0.184. The van der Waals surface area contributed by atoms with Crippen LogP contribution in [0.2, 0.25) is 0 Å². The van der Waals surface area contributed by atoms with E-state index in [9.17, 15) is 4.79 Å². The zero-order valence-electron chi connectivity index (χ0n) is 14.3. The van der Waals surface area contributed by atoms with Gasteiger partial charge in [-0.1, -0.05) is 24.3 Å². The fraction of sp³-hybridized carbons (Fsp3) is 0.0476. The molecule has 0 fully saturated rings. The molecule has 5 heteroatoms. The number of hydrogen-bond acceptors (Lipinski definition) is 2. The Bertz CT molecular complexity index is 1040. The fourth-order valence-electron chi connectivity index (χ4n) is 2.95. The van der Waals surface area contributed by atoms with E-state index in [0.29, 0.717) is 0 Å². The number of hydrogen-bond donors (Lipinski definition) is 2. The minimum atomic E-state index is -0.184. The Labute approximate surface area is 151 Å². The van der Waals surface area contributed by atoms with Crippen LogP contribution in [0.5, 0.6) is 0 Å². The lowest BCUT2D eigenvalue weighted by atomic mass is 10.1. The summed E-state index contributed by atoms with van der Waals surface area (Å²) in [6.45, 7) is 0. The van der Waals surface area contributed by atoms with Crippen molar-refractivity contribution >= 4 is 28.3 Å². The molecule has 26 heavy (non-hydrogen) atoms. The maximum absolute atomic E-state index is 12.5. The summed E-state index contributed by atoms with van der Waals surface area (Å²) in [7, 11) is 1.75. The monoisotopic (exact) mass is 342 g/mol. The number of para-hydroxylation sites is 1. The van der Waals surface area contributed by atoms with Gasteiger partial charge >= 0.3 is 6.03 Å². The van der Waals surface area contributed by atoms with E-state index in [4.69, 9.17) is 0 Å². The van der Waals surface area contributed by atoms with Gasteiger partial charge in [-0.25, -0.2) is 4.79 Å². The van der Waals surface area contributed by atoms with Gasteiger partial charge < -0.3 is 10.3 Å². The lowest BCUT2D eigenvalue weighted by Gasteiger charge is -2.18. The number of H-pyrrole nitrogens is 1. The first kappa shape index (κ1) is 15.9. The molecule has 2 heterocycles. The number of rotatable bonds is 3. The van der Waals surface area contributed by atoms with E-state index in [0.717, 1.165) is 33.4 Å². The number of carbonyl (C=O) groups excluding carboxylic acids is 1. The number of nitrogens with zero attached hydrogens (tertiary/aromatic N) is 2. The van der Waals surface area contributed by atoms with Crippen molar-refractivity contribution in [2.75, 3.05) is 17.3 Å². The summed E-state index contributed by atoms with van der Waals surface area (Å²) in [5, 5.41) is 4.04. The number of fused-ring (bicyclic) bond motifs is 1. The van der Waals surface area contributed by atoms with Crippen molar-refractivity contribution in [3.05, 3.63) is 79.3 Å². The summed E-state index contributed by atoms with van der Waals surface area (Å²) >= 11 is 0. The van der Waals surface area contributed by atoms with Crippen LogP contribution in [0.3, 0.4) is 0 Å². The maximum atomic E-state index is 12.5. The molecule has 2 aromatic heterocycles. The first-order chi connectivity index (χ1) is 12.7. The number of anilines is 2. The summed E-state index contributed by atoms with van der Waals surface area (Å²) in [5.74, 6) is 0. The van der Waals surface area contributed by atoms with Gasteiger partial charge in [-0.15, -0.1) is 0 Å². The van der Waals surface area contributed by atoms with E-state index in [1.165, 1.54) is 0 Å². The van der Waals surface area contributed by atoms with Crippen molar-refractivity contribution in [2.45, 2.75) is 0 Å². The van der Waals surface area contributed by atoms with Crippen molar-refractivity contribution in [1.82, 2.24) is 9.97 Å². The van der Waals surface area contributed by atoms with Crippen LogP contribution in [0.4, 0.5) is 16.2 Å². The van der Waals surface area contributed by atoms with Gasteiger partial charge in [0.2, 0.25) is 0 Å². The summed E-state index contributed by atoms with van der Waals surface area (Å²) in [6.07, 6.45) is 5.53. The second kappa shape index (κ2) is 6.72. The highest BCUT2D eigenvalue weighted by molar-refractivity contribution is 6.03. The highest BCUT2D eigenvalue weighted by Gasteiger charge is 2.12. The van der Waals surface area contributed by atoms with Crippen molar-refractivity contribution < 1.29 is 4.79 Å². The van der Waals surface area contributed by atoms with Crippen LogP contribution >= 0.6 is 0 Å². The molecule has 2 N–H and O–H groups in total. The van der Waals surface area contributed by atoms with Gasteiger partial charge in [0.05, 0.1) is 0 Å². The molecule has 0 saturated heterocycles. The van der Waals surface area contributed by atoms with Crippen LogP contribution in [0.25, 0.3) is 22.0 Å². The van der Waals surface area contributed by atoms with E-state index < -0.39 is 0 Å². The zero-order chi connectivity index (χ0) is 17.9. The van der Waals surface area contributed by atoms with Crippen molar-refractivity contribution in [1.29, 1.82) is 0 Å². The molecule has 0 aliphatic carbocycles. The van der Waals surface area contributed by atoms with E-state index in [1.54, 1.807) is 24.3 Å². The molecule has 5 nitrogen and oxygen atoms in total. The topological polar surface area (TPSA) is 61.0 Å². The van der Waals surface area contributed by atoms with Crippen LogP contribution in [-0.2, 0) is 0 Å². The number of amides is 2. The molecule has 0 bridgehead atoms. The standard InChI is InChI=1S/C21H18N4O/c1-25(17-5-3-2-4-6-17)21(26)24-16-7-8-18-19(14-23-20(18)13-16)15-9-11-22-12-10-15/h2-14,23H,1H3,(H,24,26). The second-order valence-electron chi connectivity index (χ2n) is 6.02. The summed E-state index contributed by atoms with van der Waals surface area (Å²) < 4.78 is 0. The van der Waals surface area contributed by atoms with E-state index >= 15 is 0 Å². The lowest BCUT2D eigenvalue weighted by Crippen LogP contribution is -2.31. The van der Waals surface area contributed by atoms with E-state index in [1.807, 2.05) is 66.9 Å². The molecule has 2 aromatic carbocycles. The molecule has 4 rings (SSSR count). The molecule has 128 valence electrons. The summed E-state index contributed by atoms with van der Waals surface area (Å²) in [4.78, 5) is 21.4. The minimum Gasteiger partial charge on any atom is -0.360 e. The van der Waals surface area contributed by atoms with Gasteiger partial charge in [-0.3, -0.25) is 9.88 Å². The maximum Gasteiger partial charge on any atom is 0.326 e. The lowest BCUT2D eigenvalue weighted by molar-refractivity contribution is 0.258. The first-order valence-electron chi connectivity index (χ1n) is 8.34. The third-order valence-corrected chi connectivity index (χ3v) is 4.37. The number of aromatic amines is 1. The quantitative estimate of drug-likeness (QED) is 0.556. The predicted molar refractivity (Wildman–Crippen MR) is 105 cm³/mol. The number of urea groups is 1. The highest BCUT2D eigenvalue weighted by atomic mass is 16.2. The van der Waals surface area contributed by atoms with Crippen molar-refractivity contribution in [3.63, 3.8) is 0 Å². The first-order valence-corrected chi connectivity index (χ1v) is 8.34. The Morgan fingerprint density at radius 2 is 1.81 bits per heavy atom. The molecule has 0 radical (unpaired) electrons.